The number of aromatic nitrogens is 4. The third kappa shape index (κ3) is 4.10. The number of carbonyl (C=O) groups excluding carboxylic acids is 1. The van der Waals surface area contributed by atoms with Crippen LogP contribution in [0.25, 0.3) is 21.9 Å². The van der Waals surface area contributed by atoms with Crippen molar-refractivity contribution < 1.29 is 9.18 Å². The number of thiazole rings is 1. The normalized spacial score (nSPS) is 11.1. The van der Waals surface area contributed by atoms with Gasteiger partial charge in [-0.05, 0) is 36.4 Å². The molecule has 0 aliphatic rings. The average molecular weight is 431 g/mol. The van der Waals surface area contributed by atoms with E-state index < -0.39 is 0 Å². The zero-order valence-electron chi connectivity index (χ0n) is 16.4. The van der Waals surface area contributed by atoms with E-state index in [1.807, 2.05) is 58.7 Å². The molecule has 5 aromatic rings. The number of hydrogen-bond acceptors (Lipinski definition) is 4. The first-order chi connectivity index (χ1) is 15.2. The molecule has 1 amide bonds. The highest BCUT2D eigenvalue weighted by Gasteiger charge is 2.14. The van der Waals surface area contributed by atoms with E-state index in [2.05, 4.69) is 10.3 Å². The van der Waals surface area contributed by atoms with Crippen LogP contribution in [0.1, 0.15) is 11.3 Å². The summed E-state index contributed by atoms with van der Waals surface area (Å²) in [5.41, 5.74) is 3.96. The van der Waals surface area contributed by atoms with Gasteiger partial charge in [0.15, 0.2) is 4.96 Å². The van der Waals surface area contributed by atoms with Crippen LogP contribution in [0.15, 0.2) is 78.6 Å². The number of benzene rings is 2. The Labute approximate surface area is 181 Å². The summed E-state index contributed by atoms with van der Waals surface area (Å²) in [6.07, 6.45) is 5.87. The zero-order valence-corrected chi connectivity index (χ0v) is 17.2. The van der Waals surface area contributed by atoms with Crippen LogP contribution in [0.5, 0.6) is 0 Å². The van der Waals surface area contributed by atoms with E-state index in [1.54, 1.807) is 16.8 Å². The molecule has 0 saturated carbocycles. The van der Waals surface area contributed by atoms with E-state index >= 15 is 0 Å². The van der Waals surface area contributed by atoms with E-state index in [-0.39, 0.29) is 18.1 Å². The smallest absolute Gasteiger partial charge is 0.226 e. The summed E-state index contributed by atoms with van der Waals surface area (Å²) in [6, 6.07) is 15.9. The molecule has 0 atom stereocenters. The van der Waals surface area contributed by atoms with Crippen LogP contribution in [0.2, 0.25) is 0 Å². The van der Waals surface area contributed by atoms with Gasteiger partial charge in [-0.3, -0.25) is 9.20 Å². The van der Waals surface area contributed by atoms with Gasteiger partial charge in [0, 0.05) is 41.6 Å². The lowest BCUT2D eigenvalue weighted by molar-refractivity contribution is -0.120. The molecule has 154 valence electrons. The van der Waals surface area contributed by atoms with Gasteiger partial charge in [0.05, 0.1) is 23.5 Å². The number of amides is 1. The fraction of sp³-hybridized carbons (Fsp3) is 0.0870. The van der Waals surface area contributed by atoms with Gasteiger partial charge in [0.25, 0.3) is 0 Å². The molecule has 0 bridgehead atoms. The van der Waals surface area contributed by atoms with Crippen molar-refractivity contribution in [3.05, 3.63) is 95.6 Å². The number of rotatable bonds is 6. The molecular weight excluding hydrogens is 413 g/mol. The van der Waals surface area contributed by atoms with Crippen molar-refractivity contribution in [2.75, 3.05) is 0 Å². The maximum Gasteiger partial charge on any atom is 0.226 e. The highest BCUT2D eigenvalue weighted by atomic mass is 32.1. The van der Waals surface area contributed by atoms with Gasteiger partial charge in [-0.25, -0.2) is 14.1 Å². The molecule has 0 aliphatic heterocycles. The Morgan fingerprint density at radius 1 is 1.06 bits per heavy atom. The third-order valence-electron chi connectivity index (χ3n) is 4.89. The van der Waals surface area contributed by atoms with Gasteiger partial charge in [0.1, 0.15) is 5.82 Å². The maximum atomic E-state index is 13.4. The average Bonchev–Trinajstić information content (AvgIpc) is 3.48. The van der Waals surface area contributed by atoms with Crippen LogP contribution in [0.4, 0.5) is 4.39 Å². The van der Waals surface area contributed by atoms with Crippen molar-refractivity contribution in [1.29, 1.82) is 0 Å². The SMILES string of the molecule is O=C(Cc1cn2ccsc2n1)NCc1cn(-c2ccccc2)nc1-c1ccc(F)cc1. The Kier molecular flexibility index (Phi) is 5.05. The Balaban J connectivity index is 1.37. The van der Waals surface area contributed by atoms with Crippen LogP contribution in [-0.2, 0) is 17.8 Å². The van der Waals surface area contributed by atoms with Gasteiger partial charge in [0.2, 0.25) is 5.91 Å². The molecule has 5 rings (SSSR count). The topological polar surface area (TPSA) is 64.2 Å². The van der Waals surface area contributed by atoms with Crippen molar-refractivity contribution in [2.24, 2.45) is 0 Å². The Morgan fingerprint density at radius 2 is 1.87 bits per heavy atom. The van der Waals surface area contributed by atoms with E-state index in [0.717, 1.165) is 27.5 Å². The van der Waals surface area contributed by atoms with E-state index in [1.165, 1.54) is 23.5 Å². The molecule has 3 heterocycles. The van der Waals surface area contributed by atoms with Gasteiger partial charge >= 0.3 is 0 Å². The largest absolute Gasteiger partial charge is 0.352 e. The number of imidazole rings is 1. The number of carbonyl (C=O) groups is 1. The maximum absolute atomic E-state index is 13.4. The number of fused-ring (bicyclic) bond motifs is 1. The Bertz CT molecular complexity index is 1310. The van der Waals surface area contributed by atoms with Crippen LogP contribution < -0.4 is 5.32 Å². The molecule has 1 N–H and O–H groups in total. The van der Waals surface area contributed by atoms with E-state index in [4.69, 9.17) is 5.10 Å². The van der Waals surface area contributed by atoms with Crippen LogP contribution in [0.3, 0.4) is 0 Å². The molecule has 0 radical (unpaired) electrons. The molecule has 0 saturated heterocycles. The van der Waals surface area contributed by atoms with Gasteiger partial charge in [-0.2, -0.15) is 5.10 Å². The predicted molar refractivity (Wildman–Crippen MR) is 118 cm³/mol. The lowest BCUT2D eigenvalue weighted by atomic mass is 10.1. The lowest BCUT2D eigenvalue weighted by Crippen LogP contribution is -2.24. The minimum Gasteiger partial charge on any atom is -0.352 e. The van der Waals surface area contributed by atoms with Gasteiger partial charge in [-0.1, -0.05) is 18.2 Å². The van der Waals surface area contributed by atoms with Crippen molar-refractivity contribution in [3.8, 4) is 16.9 Å². The fourth-order valence-corrected chi connectivity index (χ4v) is 4.10. The Hall–Kier alpha value is -3.78. The Morgan fingerprint density at radius 3 is 2.65 bits per heavy atom. The van der Waals surface area contributed by atoms with Crippen molar-refractivity contribution in [3.63, 3.8) is 0 Å². The first-order valence-corrected chi connectivity index (χ1v) is 10.6. The summed E-state index contributed by atoms with van der Waals surface area (Å²) in [4.78, 5) is 17.8. The standard InChI is InChI=1S/C23H18FN5OS/c24-18-8-6-16(7-9-18)22-17(14-29(27-22)20-4-2-1-3-5-20)13-25-21(30)12-19-15-28-10-11-31-23(28)26-19/h1-11,14-15H,12-13H2,(H,25,30). The van der Waals surface area contributed by atoms with Crippen molar-refractivity contribution >= 4 is 22.2 Å². The molecule has 8 heteroatoms. The second-order valence-electron chi connectivity index (χ2n) is 7.07. The number of hydrogen-bond donors (Lipinski definition) is 1. The number of halogens is 1. The first-order valence-electron chi connectivity index (χ1n) is 9.73. The number of nitrogens with one attached hydrogen (secondary N) is 1. The van der Waals surface area contributed by atoms with Crippen molar-refractivity contribution in [2.45, 2.75) is 13.0 Å². The quantitative estimate of drug-likeness (QED) is 0.437. The first kappa shape index (κ1) is 19.2. The zero-order chi connectivity index (χ0) is 21.2. The van der Waals surface area contributed by atoms with Gasteiger partial charge < -0.3 is 5.32 Å². The molecule has 3 aromatic heterocycles. The fourth-order valence-electron chi connectivity index (χ4n) is 3.38. The monoisotopic (exact) mass is 431 g/mol. The molecule has 0 aliphatic carbocycles. The van der Waals surface area contributed by atoms with E-state index in [9.17, 15) is 9.18 Å². The molecule has 0 spiro atoms. The summed E-state index contributed by atoms with van der Waals surface area (Å²) in [6.45, 7) is 0.306. The number of para-hydroxylation sites is 1. The van der Waals surface area contributed by atoms with E-state index in [0.29, 0.717) is 12.2 Å². The molecule has 0 unspecified atom stereocenters. The second-order valence-corrected chi connectivity index (χ2v) is 7.94. The minimum absolute atomic E-state index is 0.122. The molecular formula is C23H18FN5OS. The van der Waals surface area contributed by atoms with Crippen LogP contribution in [-0.4, -0.2) is 25.1 Å². The van der Waals surface area contributed by atoms with Crippen LogP contribution >= 0.6 is 11.3 Å². The summed E-state index contributed by atoms with van der Waals surface area (Å²) in [7, 11) is 0. The van der Waals surface area contributed by atoms with Crippen molar-refractivity contribution in [1.82, 2.24) is 24.5 Å². The molecule has 6 nitrogen and oxygen atoms in total. The highest BCUT2D eigenvalue weighted by Crippen LogP contribution is 2.24. The van der Waals surface area contributed by atoms with Crippen LogP contribution in [0, 0.1) is 5.82 Å². The minimum atomic E-state index is -0.305. The summed E-state index contributed by atoms with van der Waals surface area (Å²) >= 11 is 1.53. The summed E-state index contributed by atoms with van der Waals surface area (Å²) in [5.74, 6) is -0.427. The second kappa shape index (κ2) is 8.16. The third-order valence-corrected chi connectivity index (χ3v) is 5.66. The lowest BCUT2D eigenvalue weighted by Gasteiger charge is -2.05. The summed E-state index contributed by atoms with van der Waals surface area (Å²) < 4.78 is 17.1. The number of nitrogens with zero attached hydrogens (tertiary/aromatic N) is 4. The molecule has 2 aromatic carbocycles. The molecule has 0 fully saturated rings. The molecule has 31 heavy (non-hydrogen) atoms. The highest BCUT2D eigenvalue weighted by molar-refractivity contribution is 7.15. The predicted octanol–water partition coefficient (Wildman–Crippen LogP) is 4.25. The summed E-state index contributed by atoms with van der Waals surface area (Å²) in [5, 5.41) is 9.60. The van der Waals surface area contributed by atoms with Gasteiger partial charge in [-0.15, -0.1) is 11.3 Å².